The van der Waals surface area contributed by atoms with Crippen LogP contribution < -0.4 is 16.4 Å². The number of nitrogens with zero attached hydrogens (tertiary/aromatic N) is 2. The summed E-state index contributed by atoms with van der Waals surface area (Å²) in [4.78, 5) is 17.7. The van der Waals surface area contributed by atoms with Gasteiger partial charge in [-0.2, -0.15) is 0 Å². The minimum Gasteiger partial charge on any atom is -0.397 e. The maximum Gasteiger partial charge on any atom is 0.250 e. The average Bonchev–Trinajstić information content (AvgIpc) is 2.36. The Bertz CT molecular complexity index is 419. The van der Waals surface area contributed by atoms with E-state index in [0.29, 0.717) is 17.2 Å². The number of nitrogen functional groups attached to an aromatic ring is 1. The van der Waals surface area contributed by atoms with E-state index in [9.17, 15) is 4.79 Å². The van der Waals surface area contributed by atoms with Gasteiger partial charge < -0.3 is 16.4 Å². The number of pyridine rings is 1. The number of rotatable bonds is 6. The van der Waals surface area contributed by atoms with Crippen LogP contribution >= 0.6 is 0 Å². The number of carbonyl (C=O) groups is 1. The van der Waals surface area contributed by atoms with E-state index < -0.39 is 5.91 Å². The zero-order chi connectivity index (χ0) is 13.7. The number of carbonyl (C=O) groups excluding carboxylic acids is 1. The monoisotopic (exact) mass is 250 g/mol. The Kier molecular flexibility index (Phi) is 4.95. The molecule has 1 heterocycles. The van der Waals surface area contributed by atoms with Gasteiger partial charge in [-0.25, -0.2) is 4.98 Å². The van der Waals surface area contributed by atoms with Gasteiger partial charge in [-0.1, -0.05) is 20.3 Å². The van der Waals surface area contributed by atoms with Gasteiger partial charge in [-0.3, -0.25) is 4.79 Å². The lowest BCUT2D eigenvalue weighted by Crippen LogP contribution is -2.29. The Morgan fingerprint density at radius 1 is 1.50 bits per heavy atom. The third-order valence-corrected chi connectivity index (χ3v) is 3.12. The van der Waals surface area contributed by atoms with E-state index in [1.54, 1.807) is 6.07 Å². The number of primary amides is 1. The maximum atomic E-state index is 11.3. The molecule has 0 aliphatic heterocycles. The van der Waals surface area contributed by atoms with Crippen LogP contribution in [-0.2, 0) is 0 Å². The molecule has 1 unspecified atom stereocenters. The molecule has 0 radical (unpaired) electrons. The molecule has 5 heteroatoms. The van der Waals surface area contributed by atoms with E-state index in [1.807, 2.05) is 0 Å². The number of aromatic nitrogens is 1. The van der Waals surface area contributed by atoms with Gasteiger partial charge in [0.2, 0.25) is 0 Å². The molecule has 0 bridgehead atoms. The Morgan fingerprint density at radius 3 is 2.67 bits per heavy atom. The van der Waals surface area contributed by atoms with E-state index in [1.165, 1.54) is 6.20 Å². The second-order valence-corrected chi connectivity index (χ2v) is 4.55. The van der Waals surface area contributed by atoms with Crippen molar-refractivity contribution in [2.45, 2.75) is 27.2 Å². The Hall–Kier alpha value is -1.78. The molecule has 5 nitrogen and oxygen atoms in total. The van der Waals surface area contributed by atoms with Crippen molar-refractivity contribution in [2.75, 3.05) is 23.7 Å². The van der Waals surface area contributed by atoms with Crippen LogP contribution in [-0.4, -0.2) is 24.0 Å². The smallest absolute Gasteiger partial charge is 0.250 e. The summed E-state index contributed by atoms with van der Waals surface area (Å²) in [6, 6.07) is 1.67. The summed E-state index contributed by atoms with van der Waals surface area (Å²) in [5.74, 6) is 0.804. The molecule has 100 valence electrons. The molecule has 1 atom stereocenters. The SMILES string of the molecule is CCC(C)CN(CC)c1cc(C(N)=O)c(N)cn1. The molecule has 0 aliphatic carbocycles. The Balaban J connectivity index is 2.99. The molecule has 1 aromatic heterocycles. The van der Waals surface area contributed by atoms with Crippen LogP contribution in [0.2, 0.25) is 0 Å². The fourth-order valence-corrected chi connectivity index (χ4v) is 1.73. The molecular formula is C13H22N4O. The van der Waals surface area contributed by atoms with E-state index >= 15 is 0 Å². The summed E-state index contributed by atoms with van der Waals surface area (Å²) in [5, 5.41) is 0. The summed E-state index contributed by atoms with van der Waals surface area (Å²) in [7, 11) is 0. The molecule has 0 aliphatic rings. The highest BCUT2D eigenvalue weighted by atomic mass is 16.1. The standard InChI is InChI=1S/C13H22N4O/c1-4-9(3)8-17(5-2)12-6-10(13(15)18)11(14)7-16-12/h6-7,9H,4-5,8,14H2,1-3H3,(H2,15,18). The summed E-state index contributed by atoms with van der Waals surface area (Å²) in [5.41, 5.74) is 11.6. The van der Waals surface area contributed by atoms with Crippen molar-refractivity contribution in [3.8, 4) is 0 Å². The zero-order valence-electron chi connectivity index (χ0n) is 11.3. The zero-order valence-corrected chi connectivity index (χ0v) is 11.3. The second-order valence-electron chi connectivity index (χ2n) is 4.55. The summed E-state index contributed by atoms with van der Waals surface area (Å²) in [6.45, 7) is 8.14. The molecular weight excluding hydrogens is 228 g/mol. The topological polar surface area (TPSA) is 85.2 Å². The van der Waals surface area contributed by atoms with Gasteiger partial charge in [0.25, 0.3) is 5.91 Å². The summed E-state index contributed by atoms with van der Waals surface area (Å²) >= 11 is 0. The number of anilines is 2. The van der Waals surface area contributed by atoms with Crippen molar-refractivity contribution >= 4 is 17.4 Å². The number of hydrogen-bond donors (Lipinski definition) is 2. The van der Waals surface area contributed by atoms with Crippen molar-refractivity contribution in [1.82, 2.24) is 4.98 Å². The van der Waals surface area contributed by atoms with Crippen LogP contribution in [0.5, 0.6) is 0 Å². The Morgan fingerprint density at radius 2 is 2.17 bits per heavy atom. The van der Waals surface area contributed by atoms with Crippen LogP contribution in [0.3, 0.4) is 0 Å². The quantitative estimate of drug-likeness (QED) is 0.803. The lowest BCUT2D eigenvalue weighted by atomic mass is 10.1. The summed E-state index contributed by atoms with van der Waals surface area (Å²) in [6.07, 6.45) is 2.60. The van der Waals surface area contributed by atoms with Gasteiger partial charge in [0.1, 0.15) is 5.82 Å². The van der Waals surface area contributed by atoms with Gasteiger partial charge in [0.15, 0.2) is 0 Å². The minimum atomic E-state index is -0.518. The first-order valence-electron chi connectivity index (χ1n) is 6.29. The maximum absolute atomic E-state index is 11.3. The molecule has 18 heavy (non-hydrogen) atoms. The fraction of sp³-hybridized carbons (Fsp3) is 0.538. The number of hydrogen-bond acceptors (Lipinski definition) is 4. The lowest BCUT2D eigenvalue weighted by Gasteiger charge is -2.25. The van der Waals surface area contributed by atoms with E-state index in [0.717, 1.165) is 25.3 Å². The largest absolute Gasteiger partial charge is 0.397 e. The number of nitrogens with two attached hydrogens (primary N) is 2. The van der Waals surface area contributed by atoms with Crippen LogP contribution in [0.25, 0.3) is 0 Å². The molecule has 0 saturated heterocycles. The highest BCUT2D eigenvalue weighted by Crippen LogP contribution is 2.19. The first-order chi connectivity index (χ1) is 8.49. The minimum absolute atomic E-state index is 0.325. The van der Waals surface area contributed by atoms with Crippen LogP contribution in [0.15, 0.2) is 12.3 Å². The fourth-order valence-electron chi connectivity index (χ4n) is 1.73. The molecule has 4 N–H and O–H groups in total. The van der Waals surface area contributed by atoms with Crippen LogP contribution in [0, 0.1) is 5.92 Å². The van der Waals surface area contributed by atoms with Crippen LogP contribution in [0.1, 0.15) is 37.6 Å². The van der Waals surface area contributed by atoms with Crippen molar-refractivity contribution in [2.24, 2.45) is 11.7 Å². The molecule has 1 rings (SSSR count). The molecule has 1 aromatic rings. The first-order valence-corrected chi connectivity index (χ1v) is 6.29. The molecule has 0 aromatic carbocycles. The van der Waals surface area contributed by atoms with Gasteiger partial charge in [-0.05, 0) is 18.9 Å². The normalized spacial score (nSPS) is 12.2. The van der Waals surface area contributed by atoms with Crippen molar-refractivity contribution in [3.63, 3.8) is 0 Å². The van der Waals surface area contributed by atoms with Crippen molar-refractivity contribution in [1.29, 1.82) is 0 Å². The summed E-state index contributed by atoms with van der Waals surface area (Å²) < 4.78 is 0. The van der Waals surface area contributed by atoms with Gasteiger partial charge >= 0.3 is 0 Å². The molecule has 0 saturated carbocycles. The van der Waals surface area contributed by atoms with E-state index in [2.05, 4.69) is 30.7 Å². The predicted octanol–water partition coefficient (Wildman–Crippen LogP) is 1.64. The molecule has 0 fully saturated rings. The number of amides is 1. The predicted molar refractivity (Wildman–Crippen MR) is 74.5 cm³/mol. The molecule has 1 amide bonds. The van der Waals surface area contributed by atoms with Gasteiger partial charge in [-0.15, -0.1) is 0 Å². The van der Waals surface area contributed by atoms with Gasteiger partial charge in [0, 0.05) is 13.1 Å². The highest BCUT2D eigenvalue weighted by molar-refractivity contribution is 5.98. The third kappa shape index (κ3) is 3.35. The van der Waals surface area contributed by atoms with Crippen molar-refractivity contribution in [3.05, 3.63) is 17.8 Å². The highest BCUT2D eigenvalue weighted by Gasteiger charge is 2.13. The van der Waals surface area contributed by atoms with Crippen molar-refractivity contribution < 1.29 is 4.79 Å². The second kappa shape index (κ2) is 6.23. The average molecular weight is 250 g/mol. The van der Waals surface area contributed by atoms with Crippen LogP contribution in [0.4, 0.5) is 11.5 Å². The van der Waals surface area contributed by atoms with E-state index in [-0.39, 0.29) is 0 Å². The Labute approximate surface area is 108 Å². The van der Waals surface area contributed by atoms with E-state index in [4.69, 9.17) is 11.5 Å². The lowest BCUT2D eigenvalue weighted by molar-refractivity contribution is 0.100. The first kappa shape index (κ1) is 14.3. The molecule has 0 spiro atoms. The van der Waals surface area contributed by atoms with Gasteiger partial charge in [0.05, 0.1) is 17.4 Å². The third-order valence-electron chi connectivity index (χ3n) is 3.12.